The van der Waals surface area contributed by atoms with E-state index in [4.69, 9.17) is 5.73 Å². The van der Waals surface area contributed by atoms with Gasteiger partial charge in [0.2, 0.25) is 5.91 Å². The maximum absolute atomic E-state index is 12.3. The van der Waals surface area contributed by atoms with E-state index in [9.17, 15) is 14.7 Å². The van der Waals surface area contributed by atoms with Gasteiger partial charge < -0.3 is 21.6 Å². The third kappa shape index (κ3) is 3.27. The summed E-state index contributed by atoms with van der Waals surface area (Å²) in [4.78, 5) is 24.3. The molecule has 7 heteroatoms. The molecule has 1 heterocycles. The lowest BCUT2D eigenvalue weighted by Crippen LogP contribution is -2.59. The highest BCUT2D eigenvalue weighted by Crippen LogP contribution is 2.35. The molecule has 1 aliphatic rings. The van der Waals surface area contributed by atoms with Crippen molar-refractivity contribution in [2.75, 3.05) is 7.05 Å². The molecular formula is C17H24N4O3. The average Bonchev–Trinajstić information content (AvgIpc) is 2.94. The fourth-order valence-electron chi connectivity index (χ4n) is 3.04. The number of hydrogen-bond donors (Lipinski definition) is 4. The molecule has 0 aromatic heterocycles. The molecule has 0 spiro atoms. The summed E-state index contributed by atoms with van der Waals surface area (Å²) < 4.78 is 0. The third-order valence-corrected chi connectivity index (χ3v) is 4.23. The Balaban J connectivity index is 2.48. The number of aliphatic hydroxyl groups is 1. The molecule has 130 valence electrons. The number of primary amides is 1. The maximum atomic E-state index is 12.3. The fourth-order valence-corrected chi connectivity index (χ4v) is 3.04. The molecule has 0 saturated carbocycles. The summed E-state index contributed by atoms with van der Waals surface area (Å²) in [6, 6.07) is 9.30. The summed E-state index contributed by atoms with van der Waals surface area (Å²) in [7, 11) is 1.51. The van der Waals surface area contributed by atoms with E-state index in [0.717, 1.165) is 5.56 Å². The van der Waals surface area contributed by atoms with Gasteiger partial charge >= 0.3 is 0 Å². The minimum absolute atomic E-state index is 0.0764. The molecule has 1 aliphatic heterocycles. The number of carbonyl (C=O) groups excluding carboxylic acids is 2. The number of aliphatic hydroxyl groups excluding tert-OH is 1. The van der Waals surface area contributed by atoms with E-state index in [0.29, 0.717) is 0 Å². The van der Waals surface area contributed by atoms with Gasteiger partial charge in [-0.25, -0.2) is 0 Å². The molecule has 0 aliphatic carbocycles. The molecule has 1 aromatic rings. The van der Waals surface area contributed by atoms with Gasteiger partial charge in [-0.2, -0.15) is 5.01 Å². The molecule has 7 nitrogen and oxygen atoms in total. The second-order valence-corrected chi connectivity index (χ2v) is 6.05. The molecule has 2 unspecified atom stereocenters. The van der Waals surface area contributed by atoms with Crippen LogP contribution in [0.4, 0.5) is 0 Å². The van der Waals surface area contributed by atoms with Crippen LogP contribution in [0, 0.1) is 0 Å². The van der Waals surface area contributed by atoms with Crippen LogP contribution in [0.2, 0.25) is 0 Å². The number of nitrogens with one attached hydrogen (secondary N) is 2. The summed E-state index contributed by atoms with van der Waals surface area (Å²) in [5.74, 6) is -0.980. The number of rotatable bonds is 6. The van der Waals surface area contributed by atoms with Crippen LogP contribution in [0.15, 0.2) is 42.1 Å². The highest BCUT2D eigenvalue weighted by molar-refractivity contribution is 5.97. The number of amides is 2. The van der Waals surface area contributed by atoms with Crippen LogP contribution >= 0.6 is 0 Å². The maximum Gasteiger partial charge on any atom is 0.268 e. The highest BCUT2D eigenvalue weighted by Gasteiger charge is 2.49. The molecule has 0 saturated heterocycles. The highest BCUT2D eigenvalue weighted by atomic mass is 16.3. The van der Waals surface area contributed by atoms with Crippen LogP contribution in [0.1, 0.15) is 31.9 Å². The van der Waals surface area contributed by atoms with E-state index < -0.39 is 17.6 Å². The molecule has 0 fully saturated rings. The van der Waals surface area contributed by atoms with Gasteiger partial charge in [-0.15, -0.1) is 0 Å². The van der Waals surface area contributed by atoms with E-state index in [1.54, 1.807) is 11.9 Å². The number of nitrogens with two attached hydrogens (primary N) is 1. The largest absolute Gasteiger partial charge is 0.393 e. The molecular weight excluding hydrogens is 308 g/mol. The van der Waals surface area contributed by atoms with Crippen LogP contribution in [0.3, 0.4) is 0 Å². The van der Waals surface area contributed by atoms with E-state index >= 15 is 0 Å². The Labute approximate surface area is 141 Å². The molecule has 5 N–H and O–H groups in total. The number of likely N-dealkylation sites (N-methyl/N-ethyl adjacent to an activating group) is 1. The molecule has 24 heavy (non-hydrogen) atoms. The predicted molar refractivity (Wildman–Crippen MR) is 90.2 cm³/mol. The van der Waals surface area contributed by atoms with Crippen LogP contribution in [-0.4, -0.2) is 40.6 Å². The van der Waals surface area contributed by atoms with Crippen molar-refractivity contribution in [2.45, 2.75) is 38.0 Å². The first kappa shape index (κ1) is 18.0. The molecule has 1 aromatic carbocycles. The minimum Gasteiger partial charge on any atom is -0.393 e. The normalized spacial score (nSPS) is 23.1. The number of benzene rings is 1. The monoisotopic (exact) mass is 332 g/mol. The van der Waals surface area contributed by atoms with Gasteiger partial charge in [0.1, 0.15) is 11.2 Å². The Morgan fingerprint density at radius 3 is 2.46 bits per heavy atom. The molecule has 0 bridgehead atoms. The number of carbonyl (C=O) groups is 2. The van der Waals surface area contributed by atoms with Crippen molar-refractivity contribution in [3.63, 3.8) is 0 Å². The minimum atomic E-state index is -1.30. The zero-order chi connectivity index (χ0) is 17.9. The van der Waals surface area contributed by atoms with Gasteiger partial charge in [0, 0.05) is 13.5 Å². The summed E-state index contributed by atoms with van der Waals surface area (Å²) in [5.41, 5.74) is 8.56. The van der Waals surface area contributed by atoms with Crippen molar-refractivity contribution in [2.24, 2.45) is 5.73 Å². The van der Waals surface area contributed by atoms with Crippen molar-refractivity contribution >= 4 is 11.8 Å². The fraction of sp³-hybridized carbons (Fsp3) is 0.412. The Morgan fingerprint density at radius 1 is 1.33 bits per heavy atom. The quantitative estimate of drug-likeness (QED) is 0.595. The van der Waals surface area contributed by atoms with Gasteiger partial charge in [0.15, 0.2) is 0 Å². The third-order valence-electron chi connectivity index (χ3n) is 4.23. The second kappa shape index (κ2) is 7.02. The SMILES string of the molecule is CNC(=O)C1=CC(CC(C)O)(C(N)=O)N([C@@H](C)c2ccccc2)N1. The van der Waals surface area contributed by atoms with E-state index in [1.165, 1.54) is 13.1 Å². The van der Waals surface area contributed by atoms with Gasteiger partial charge in [0.25, 0.3) is 5.91 Å². The number of hydrogen-bond acceptors (Lipinski definition) is 5. The summed E-state index contributed by atoms with van der Waals surface area (Å²) in [6.07, 6.45) is 0.804. The average molecular weight is 332 g/mol. The Morgan fingerprint density at radius 2 is 1.96 bits per heavy atom. The Bertz CT molecular complexity index is 644. The van der Waals surface area contributed by atoms with Crippen molar-refractivity contribution in [1.29, 1.82) is 0 Å². The Kier molecular flexibility index (Phi) is 5.26. The van der Waals surface area contributed by atoms with Crippen LogP contribution < -0.4 is 16.5 Å². The van der Waals surface area contributed by atoms with E-state index in [2.05, 4.69) is 10.7 Å². The van der Waals surface area contributed by atoms with Gasteiger partial charge in [-0.05, 0) is 25.5 Å². The number of nitrogens with zero attached hydrogens (tertiary/aromatic N) is 1. The van der Waals surface area contributed by atoms with E-state index in [1.807, 2.05) is 37.3 Å². The molecule has 2 amide bonds. The van der Waals surface area contributed by atoms with Crippen LogP contribution in [-0.2, 0) is 9.59 Å². The second-order valence-electron chi connectivity index (χ2n) is 6.05. The zero-order valence-electron chi connectivity index (χ0n) is 14.1. The van der Waals surface area contributed by atoms with Gasteiger partial charge in [-0.3, -0.25) is 9.59 Å². The Hall–Kier alpha value is -2.38. The van der Waals surface area contributed by atoms with Gasteiger partial charge in [0.05, 0.1) is 12.1 Å². The predicted octanol–water partition coefficient (Wildman–Crippen LogP) is 0.193. The summed E-state index contributed by atoms with van der Waals surface area (Å²) in [6.45, 7) is 3.49. The van der Waals surface area contributed by atoms with Crippen LogP contribution in [0.5, 0.6) is 0 Å². The standard InChI is InChI=1S/C17H24N4O3/c1-11(22)9-17(16(18)24)10-14(15(23)19-3)20-21(17)12(2)13-7-5-4-6-8-13/h4-8,10-12,20,22H,9H2,1-3H3,(H2,18,24)(H,19,23)/t11?,12-,17?/m0/s1. The van der Waals surface area contributed by atoms with Crippen LogP contribution in [0.25, 0.3) is 0 Å². The van der Waals surface area contributed by atoms with Crippen molar-refractivity contribution < 1.29 is 14.7 Å². The molecule has 2 rings (SSSR count). The summed E-state index contributed by atoms with van der Waals surface area (Å²) in [5, 5.41) is 14.1. The molecule has 0 radical (unpaired) electrons. The number of hydrazine groups is 1. The van der Waals surface area contributed by atoms with Crippen molar-refractivity contribution in [1.82, 2.24) is 15.8 Å². The van der Waals surface area contributed by atoms with Crippen molar-refractivity contribution in [3.8, 4) is 0 Å². The first-order valence-electron chi connectivity index (χ1n) is 7.85. The summed E-state index contributed by atoms with van der Waals surface area (Å²) >= 11 is 0. The first-order chi connectivity index (χ1) is 11.3. The zero-order valence-corrected chi connectivity index (χ0v) is 14.1. The van der Waals surface area contributed by atoms with Gasteiger partial charge in [-0.1, -0.05) is 30.3 Å². The lowest BCUT2D eigenvalue weighted by Gasteiger charge is -2.39. The first-order valence-corrected chi connectivity index (χ1v) is 7.85. The lowest BCUT2D eigenvalue weighted by atomic mass is 9.89. The topological polar surface area (TPSA) is 108 Å². The smallest absolute Gasteiger partial charge is 0.268 e. The van der Waals surface area contributed by atoms with Crippen molar-refractivity contribution in [3.05, 3.63) is 47.7 Å². The molecule has 3 atom stereocenters. The van der Waals surface area contributed by atoms with E-state index in [-0.39, 0.29) is 24.1 Å². The lowest BCUT2D eigenvalue weighted by molar-refractivity contribution is -0.132.